The first-order valence-electron chi connectivity index (χ1n) is 5.11. The molecule has 0 aliphatic rings. The summed E-state index contributed by atoms with van der Waals surface area (Å²) in [6.45, 7) is 0. The molecule has 0 saturated carbocycles. The van der Waals surface area contributed by atoms with Crippen molar-refractivity contribution in [2.45, 2.75) is 0 Å². The van der Waals surface area contributed by atoms with Gasteiger partial charge in [0.25, 0.3) is 0 Å². The lowest BCUT2D eigenvalue weighted by molar-refractivity contribution is 0.0692. The molecule has 7 nitrogen and oxygen atoms in total. The first-order valence-corrected chi connectivity index (χ1v) is 7.02. The van der Waals surface area contributed by atoms with E-state index in [0.717, 1.165) is 15.6 Å². The maximum atomic E-state index is 11.4. The summed E-state index contributed by atoms with van der Waals surface area (Å²) in [5.41, 5.74) is 1.50. The zero-order valence-corrected chi connectivity index (χ0v) is 11.3. The smallest absolute Gasteiger partial charge is 0.357 e. The molecule has 0 bridgehead atoms. The second-order valence-electron chi connectivity index (χ2n) is 3.48. The number of rotatable bonds is 4. The third kappa shape index (κ3) is 2.67. The molecule has 0 aliphatic carbocycles. The zero-order chi connectivity index (χ0) is 14.7. The molecule has 2 aromatic rings. The summed E-state index contributed by atoms with van der Waals surface area (Å²) in [7, 11) is 0. The number of aromatic nitrogens is 1. The van der Waals surface area contributed by atoms with Crippen molar-refractivity contribution in [3.05, 3.63) is 41.0 Å². The van der Waals surface area contributed by atoms with Crippen LogP contribution < -0.4 is 4.31 Å². The number of carboxylic acids is 1. The standard InChI is InChI=1S/C11H7N3O4S2/c12-5-7-1-3-8(4-2-7)14(20(17)18)10-9(11(15)16)13-6-19-10/h1-4,6H,(H,15,16)(H,17,18)/p-1. The second kappa shape index (κ2) is 5.79. The fourth-order valence-corrected chi connectivity index (χ4v) is 3.01. The van der Waals surface area contributed by atoms with E-state index in [1.165, 1.54) is 29.8 Å². The van der Waals surface area contributed by atoms with Crippen molar-refractivity contribution in [1.29, 1.82) is 5.26 Å². The fraction of sp³-hybridized carbons (Fsp3) is 0. The summed E-state index contributed by atoms with van der Waals surface area (Å²) in [6, 6.07) is 7.63. The van der Waals surface area contributed by atoms with Gasteiger partial charge in [0.05, 0.1) is 34.1 Å². The van der Waals surface area contributed by atoms with Crippen molar-refractivity contribution in [2.75, 3.05) is 4.31 Å². The van der Waals surface area contributed by atoms with E-state index in [1.807, 2.05) is 6.07 Å². The number of thiazole rings is 1. The molecule has 2 rings (SSSR count). The average Bonchev–Trinajstić information content (AvgIpc) is 2.88. The van der Waals surface area contributed by atoms with Crippen molar-refractivity contribution >= 4 is 39.3 Å². The van der Waals surface area contributed by atoms with E-state index in [0.29, 0.717) is 5.56 Å². The summed E-state index contributed by atoms with van der Waals surface area (Å²) >= 11 is -1.82. The van der Waals surface area contributed by atoms with Gasteiger partial charge < -0.3 is 9.66 Å². The van der Waals surface area contributed by atoms with Crippen LogP contribution >= 0.6 is 11.3 Å². The predicted molar refractivity (Wildman–Crippen MR) is 71.3 cm³/mol. The molecule has 102 valence electrons. The third-order valence-electron chi connectivity index (χ3n) is 2.32. The minimum atomic E-state index is -2.71. The Labute approximate surface area is 120 Å². The summed E-state index contributed by atoms with van der Waals surface area (Å²) in [6.07, 6.45) is 0. The van der Waals surface area contributed by atoms with Crippen LogP contribution in [0.15, 0.2) is 29.8 Å². The van der Waals surface area contributed by atoms with Crippen molar-refractivity contribution in [1.82, 2.24) is 4.98 Å². The number of hydrogen-bond donors (Lipinski definition) is 1. The highest BCUT2D eigenvalue weighted by atomic mass is 32.2. The Morgan fingerprint density at radius 2 is 2.10 bits per heavy atom. The first-order chi connectivity index (χ1) is 9.54. The van der Waals surface area contributed by atoms with Crippen LogP contribution in [0.2, 0.25) is 0 Å². The van der Waals surface area contributed by atoms with Gasteiger partial charge in [-0.15, -0.1) is 11.3 Å². The van der Waals surface area contributed by atoms with Gasteiger partial charge in [0, 0.05) is 0 Å². The number of nitriles is 1. The SMILES string of the molecule is N#Cc1ccc(N(c2scnc2C(=O)O)S(=O)[O-])cc1. The van der Waals surface area contributed by atoms with Gasteiger partial charge in [-0.25, -0.2) is 9.78 Å². The predicted octanol–water partition coefficient (Wildman–Crippen LogP) is 1.65. The Morgan fingerprint density at radius 1 is 1.45 bits per heavy atom. The molecule has 9 heteroatoms. The number of hydrogen-bond acceptors (Lipinski definition) is 6. The van der Waals surface area contributed by atoms with E-state index in [9.17, 15) is 13.6 Å². The highest BCUT2D eigenvalue weighted by molar-refractivity contribution is 7.81. The lowest BCUT2D eigenvalue weighted by Crippen LogP contribution is -2.20. The van der Waals surface area contributed by atoms with Crippen LogP contribution in [0, 0.1) is 11.3 Å². The molecule has 0 spiro atoms. The number of benzene rings is 1. The Hall–Kier alpha value is -2.28. The largest absolute Gasteiger partial charge is 0.755 e. The van der Waals surface area contributed by atoms with Crippen LogP contribution in [0.5, 0.6) is 0 Å². The molecular weight excluding hydrogens is 302 g/mol. The van der Waals surface area contributed by atoms with Gasteiger partial charge in [-0.05, 0) is 24.3 Å². The minimum Gasteiger partial charge on any atom is -0.755 e. The summed E-state index contributed by atoms with van der Waals surface area (Å²) in [5, 5.41) is 17.7. The van der Waals surface area contributed by atoms with Crippen LogP contribution in [-0.4, -0.2) is 24.8 Å². The molecule has 20 heavy (non-hydrogen) atoms. The highest BCUT2D eigenvalue weighted by Crippen LogP contribution is 2.33. The van der Waals surface area contributed by atoms with Gasteiger partial charge in [-0.1, -0.05) is 0 Å². The molecule has 1 aromatic carbocycles. The monoisotopic (exact) mass is 308 g/mol. The van der Waals surface area contributed by atoms with Gasteiger partial charge >= 0.3 is 5.97 Å². The number of nitrogens with zero attached hydrogens (tertiary/aromatic N) is 3. The van der Waals surface area contributed by atoms with Crippen LogP contribution in [0.25, 0.3) is 0 Å². The Bertz CT molecular complexity index is 705. The quantitative estimate of drug-likeness (QED) is 0.858. The number of aromatic carboxylic acids is 1. The van der Waals surface area contributed by atoms with E-state index in [2.05, 4.69) is 4.98 Å². The topological polar surface area (TPSA) is 117 Å². The Balaban J connectivity index is 2.51. The number of carbonyl (C=O) groups is 1. The van der Waals surface area contributed by atoms with Gasteiger partial charge in [0.2, 0.25) is 0 Å². The minimum absolute atomic E-state index is 0.0180. The molecule has 1 aromatic heterocycles. The van der Waals surface area contributed by atoms with Crippen LogP contribution in [0.1, 0.15) is 16.1 Å². The van der Waals surface area contributed by atoms with E-state index in [1.54, 1.807) is 0 Å². The van der Waals surface area contributed by atoms with E-state index in [-0.39, 0.29) is 16.4 Å². The van der Waals surface area contributed by atoms with E-state index >= 15 is 0 Å². The third-order valence-corrected chi connectivity index (χ3v) is 3.93. The molecule has 0 aliphatic heterocycles. The van der Waals surface area contributed by atoms with E-state index < -0.39 is 17.2 Å². The fourth-order valence-electron chi connectivity index (χ4n) is 1.47. The molecule has 1 heterocycles. The molecule has 1 N–H and O–H groups in total. The van der Waals surface area contributed by atoms with Gasteiger partial charge in [-0.3, -0.25) is 8.51 Å². The average molecular weight is 308 g/mol. The molecule has 0 fully saturated rings. The summed E-state index contributed by atoms with van der Waals surface area (Å²) in [4.78, 5) is 14.6. The summed E-state index contributed by atoms with van der Waals surface area (Å²) in [5.74, 6) is -1.31. The lowest BCUT2D eigenvalue weighted by Gasteiger charge is -2.24. The van der Waals surface area contributed by atoms with Gasteiger partial charge in [-0.2, -0.15) is 5.26 Å². The van der Waals surface area contributed by atoms with Crippen molar-refractivity contribution in [3.8, 4) is 6.07 Å². The normalized spacial score (nSPS) is 11.6. The van der Waals surface area contributed by atoms with E-state index in [4.69, 9.17) is 10.4 Å². The van der Waals surface area contributed by atoms with Crippen LogP contribution in [0.3, 0.4) is 0 Å². The van der Waals surface area contributed by atoms with Crippen molar-refractivity contribution in [2.24, 2.45) is 0 Å². The Morgan fingerprint density at radius 3 is 2.60 bits per heavy atom. The van der Waals surface area contributed by atoms with Crippen molar-refractivity contribution < 1.29 is 18.7 Å². The number of anilines is 2. The molecule has 1 atom stereocenters. The maximum absolute atomic E-state index is 11.4. The number of carboxylic acid groups (broad SMARTS) is 1. The zero-order valence-electron chi connectivity index (χ0n) is 9.72. The molecule has 1 unspecified atom stereocenters. The van der Waals surface area contributed by atoms with Gasteiger partial charge in [0.15, 0.2) is 5.69 Å². The highest BCUT2D eigenvalue weighted by Gasteiger charge is 2.21. The second-order valence-corrected chi connectivity index (χ2v) is 5.11. The van der Waals surface area contributed by atoms with Gasteiger partial charge in [0.1, 0.15) is 5.00 Å². The van der Waals surface area contributed by atoms with Crippen LogP contribution in [0.4, 0.5) is 10.7 Å². The maximum Gasteiger partial charge on any atom is 0.357 e. The summed E-state index contributed by atoms with van der Waals surface area (Å²) < 4.78 is 23.6. The Kier molecular flexibility index (Phi) is 4.09. The molecule has 0 saturated heterocycles. The molecule has 0 amide bonds. The molecular formula is C11H6N3O4S2-. The molecule has 0 radical (unpaired) electrons. The van der Waals surface area contributed by atoms with Crippen molar-refractivity contribution in [3.63, 3.8) is 0 Å². The lowest BCUT2D eigenvalue weighted by atomic mass is 10.2. The first kappa shape index (κ1) is 14.1. The van der Waals surface area contributed by atoms with Crippen LogP contribution in [-0.2, 0) is 11.3 Å².